The minimum absolute atomic E-state index is 0.250. The molecule has 0 amide bonds. The van der Waals surface area contributed by atoms with Crippen LogP contribution in [0, 0.1) is 6.92 Å². The molecule has 2 aromatic rings. The van der Waals surface area contributed by atoms with E-state index >= 15 is 0 Å². The second-order valence-electron chi connectivity index (χ2n) is 4.73. The summed E-state index contributed by atoms with van der Waals surface area (Å²) >= 11 is 0. The Morgan fingerprint density at radius 1 is 1.20 bits per heavy atom. The van der Waals surface area contributed by atoms with Gasteiger partial charge in [0.05, 0.1) is 12.1 Å². The summed E-state index contributed by atoms with van der Waals surface area (Å²) in [5.74, 6) is 0.250. The minimum Gasteiger partial charge on any atom is -0.493 e. The lowest BCUT2D eigenvalue weighted by Gasteiger charge is -2.13. The largest absolute Gasteiger partial charge is 0.493 e. The lowest BCUT2D eigenvalue weighted by Crippen LogP contribution is -2.09. The van der Waals surface area contributed by atoms with E-state index in [4.69, 9.17) is 4.74 Å². The molecule has 0 atom stereocenters. The van der Waals surface area contributed by atoms with E-state index in [9.17, 15) is 13.2 Å². The van der Waals surface area contributed by atoms with Crippen LogP contribution >= 0.6 is 0 Å². The monoisotopic (exact) mass is 283 g/mol. The van der Waals surface area contributed by atoms with Gasteiger partial charge in [-0.05, 0) is 25.5 Å². The molecule has 0 saturated carbocycles. The summed E-state index contributed by atoms with van der Waals surface area (Å²) in [6.07, 6.45) is -2.74. The van der Waals surface area contributed by atoms with Gasteiger partial charge in [-0.3, -0.25) is 0 Å². The molecule has 2 nitrogen and oxygen atoms in total. The van der Waals surface area contributed by atoms with E-state index in [0.717, 1.165) is 24.5 Å². The second-order valence-corrected chi connectivity index (χ2v) is 4.73. The number of aryl methyl sites for hydroxylation is 1. The molecule has 1 heterocycles. The Hall–Kier alpha value is -1.78. The molecule has 0 spiro atoms. The van der Waals surface area contributed by atoms with Gasteiger partial charge in [-0.2, -0.15) is 13.2 Å². The summed E-state index contributed by atoms with van der Waals surface area (Å²) < 4.78 is 44.0. The van der Waals surface area contributed by atoms with Gasteiger partial charge in [0, 0.05) is 11.5 Å². The molecular weight excluding hydrogens is 267 g/mol. The molecule has 2 rings (SSSR count). The number of unbranched alkanes of at least 4 members (excludes halogenated alkanes) is 1. The van der Waals surface area contributed by atoms with Gasteiger partial charge in [-0.1, -0.05) is 25.0 Å². The van der Waals surface area contributed by atoms with Gasteiger partial charge in [0.1, 0.15) is 11.4 Å². The second kappa shape index (κ2) is 5.69. The van der Waals surface area contributed by atoms with Crippen molar-refractivity contribution in [1.29, 1.82) is 0 Å². The highest BCUT2D eigenvalue weighted by molar-refractivity contribution is 5.86. The highest BCUT2D eigenvalue weighted by Crippen LogP contribution is 2.34. The van der Waals surface area contributed by atoms with Crippen LogP contribution in [0.1, 0.15) is 31.0 Å². The molecule has 0 bridgehead atoms. The molecule has 20 heavy (non-hydrogen) atoms. The van der Waals surface area contributed by atoms with E-state index in [2.05, 4.69) is 4.98 Å². The van der Waals surface area contributed by atoms with Crippen molar-refractivity contribution >= 4 is 10.9 Å². The molecule has 0 N–H and O–H groups in total. The topological polar surface area (TPSA) is 22.1 Å². The van der Waals surface area contributed by atoms with Crippen molar-refractivity contribution in [2.75, 3.05) is 6.61 Å². The van der Waals surface area contributed by atoms with Crippen LogP contribution in [0.3, 0.4) is 0 Å². The van der Waals surface area contributed by atoms with Crippen LogP contribution in [0.5, 0.6) is 5.75 Å². The summed E-state index contributed by atoms with van der Waals surface area (Å²) in [6, 6.07) is 6.11. The molecule has 5 heteroatoms. The number of hydrogen-bond donors (Lipinski definition) is 0. The summed E-state index contributed by atoms with van der Waals surface area (Å²) in [5, 5.41) is 0.620. The van der Waals surface area contributed by atoms with Crippen LogP contribution in [-0.4, -0.2) is 11.6 Å². The van der Waals surface area contributed by atoms with Crippen LogP contribution in [0.2, 0.25) is 0 Å². The fraction of sp³-hybridized carbons (Fsp3) is 0.400. The van der Waals surface area contributed by atoms with Gasteiger partial charge in [-0.25, -0.2) is 4.98 Å². The number of rotatable bonds is 4. The van der Waals surface area contributed by atoms with Gasteiger partial charge in [0.25, 0.3) is 0 Å². The smallest absolute Gasteiger partial charge is 0.433 e. The number of hydrogen-bond acceptors (Lipinski definition) is 2. The third kappa shape index (κ3) is 3.21. The quantitative estimate of drug-likeness (QED) is 0.756. The van der Waals surface area contributed by atoms with Crippen LogP contribution < -0.4 is 4.74 Å². The zero-order valence-corrected chi connectivity index (χ0v) is 11.4. The van der Waals surface area contributed by atoms with Crippen molar-refractivity contribution in [3.8, 4) is 5.75 Å². The standard InChI is InChI=1S/C15H16F3NO/c1-3-4-7-20-13-9-14(15(16,17)18)19-12-6-5-10(2)8-11(12)13/h5-6,8-9H,3-4,7H2,1-2H3. The first-order valence-electron chi connectivity index (χ1n) is 6.53. The maximum absolute atomic E-state index is 12.8. The molecule has 0 aliphatic rings. The molecule has 108 valence electrons. The third-order valence-corrected chi connectivity index (χ3v) is 2.97. The maximum atomic E-state index is 12.8. The average molecular weight is 283 g/mol. The van der Waals surface area contributed by atoms with Crippen molar-refractivity contribution in [1.82, 2.24) is 4.98 Å². The van der Waals surface area contributed by atoms with Crippen LogP contribution in [0.15, 0.2) is 24.3 Å². The molecule has 0 aliphatic heterocycles. The van der Waals surface area contributed by atoms with E-state index < -0.39 is 11.9 Å². The number of halogens is 3. The van der Waals surface area contributed by atoms with Gasteiger partial charge in [0.15, 0.2) is 0 Å². The van der Waals surface area contributed by atoms with Crippen molar-refractivity contribution < 1.29 is 17.9 Å². The minimum atomic E-state index is -4.47. The zero-order chi connectivity index (χ0) is 14.8. The zero-order valence-electron chi connectivity index (χ0n) is 11.4. The summed E-state index contributed by atoms with van der Waals surface area (Å²) in [5.41, 5.74) is 0.344. The van der Waals surface area contributed by atoms with Crippen LogP contribution in [0.25, 0.3) is 10.9 Å². The number of pyridine rings is 1. The summed E-state index contributed by atoms with van der Waals surface area (Å²) in [7, 11) is 0. The number of aromatic nitrogens is 1. The van der Waals surface area contributed by atoms with Gasteiger partial charge in [-0.15, -0.1) is 0 Å². The van der Waals surface area contributed by atoms with Crippen molar-refractivity contribution in [3.05, 3.63) is 35.5 Å². The molecule has 0 aliphatic carbocycles. The number of benzene rings is 1. The normalized spacial score (nSPS) is 11.8. The number of alkyl halides is 3. The predicted molar refractivity (Wildman–Crippen MR) is 71.9 cm³/mol. The fourth-order valence-corrected chi connectivity index (χ4v) is 1.90. The van der Waals surface area contributed by atoms with Gasteiger partial charge in [0.2, 0.25) is 0 Å². The number of nitrogens with zero attached hydrogens (tertiary/aromatic N) is 1. The third-order valence-electron chi connectivity index (χ3n) is 2.97. The summed E-state index contributed by atoms with van der Waals surface area (Å²) in [6.45, 7) is 4.28. The first-order chi connectivity index (χ1) is 9.41. The summed E-state index contributed by atoms with van der Waals surface area (Å²) in [4.78, 5) is 3.67. The highest BCUT2D eigenvalue weighted by Gasteiger charge is 2.33. The molecule has 0 unspecified atom stereocenters. The Morgan fingerprint density at radius 3 is 2.60 bits per heavy atom. The first kappa shape index (κ1) is 14.6. The van der Waals surface area contributed by atoms with Crippen LogP contribution in [0.4, 0.5) is 13.2 Å². The Kier molecular flexibility index (Phi) is 4.16. The Morgan fingerprint density at radius 2 is 1.95 bits per heavy atom. The maximum Gasteiger partial charge on any atom is 0.433 e. The molecule has 1 aromatic heterocycles. The Labute approximate surface area is 115 Å². The molecule has 1 aromatic carbocycles. The Bertz CT molecular complexity index is 608. The highest BCUT2D eigenvalue weighted by atomic mass is 19.4. The van der Waals surface area contributed by atoms with E-state index in [1.165, 1.54) is 0 Å². The van der Waals surface area contributed by atoms with Gasteiger partial charge < -0.3 is 4.74 Å². The van der Waals surface area contributed by atoms with E-state index in [1.807, 2.05) is 13.8 Å². The first-order valence-corrected chi connectivity index (χ1v) is 6.53. The molecule has 0 saturated heterocycles. The van der Waals surface area contributed by atoms with Crippen molar-refractivity contribution in [2.45, 2.75) is 32.9 Å². The number of ether oxygens (including phenoxy) is 1. The fourth-order valence-electron chi connectivity index (χ4n) is 1.90. The lowest BCUT2D eigenvalue weighted by atomic mass is 10.1. The average Bonchev–Trinajstić information content (AvgIpc) is 2.38. The van der Waals surface area contributed by atoms with Crippen LogP contribution in [-0.2, 0) is 6.18 Å². The van der Waals surface area contributed by atoms with Crippen molar-refractivity contribution in [3.63, 3.8) is 0 Å². The molecular formula is C15H16F3NO. The van der Waals surface area contributed by atoms with E-state index in [0.29, 0.717) is 17.5 Å². The van der Waals surface area contributed by atoms with E-state index in [1.54, 1.807) is 18.2 Å². The molecule has 0 fully saturated rings. The predicted octanol–water partition coefficient (Wildman–Crippen LogP) is 4.74. The van der Waals surface area contributed by atoms with Crippen molar-refractivity contribution in [2.24, 2.45) is 0 Å². The van der Waals surface area contributed by atoms with E-state index in [-0.39, 0.29) is 5.75 Å². The molecule has 0 radical (unpaired) electrons. The SMILES string of the molecule is CCCCOc1cc(C(F)(F)F)nc2ccc(C)cc12. The number of fused-ring (bicyclic) bond motifs is 1. The Balaban J connectivity index is 2.51. The van der Waals surface area contributed by atoms with Gasteiger partial charge >= 0.3 is 6.18 Å². The lowest BCUT2D eigenvalue weighted by molar-refractivity contribution is -0.141.